The highest BCUT2D eigenvalue weighted by atomic mass is 35.5. The number of methoxy groups -OCH3 is 1. The van der Waals surface area contributed by atoms with Gasteiger partial charge in [-0.1, -0.05) is 11.6 Å². The van der Waals surface area contributed by atoms with Crippen molar-refractivity contribution in [2.24, 2.45) is 0 Å². The van der Waals surface area contributed by atoms with Crippen molar-refractivity contribution in [3.63, 3.8) is 0 Å². The Bertz CT molecular complexity index is 560. The van der Waals surface area contributed by atoms with E-state index in [-0.39, 0.29) is 18.4 Å². The molecule has 138 valence electrons. The molecule has 0 atom stereocenters. The molecule has 0 saturated carbocycles. The van der Waals surface area contributed by atoms with Crippen molar-refractivity contribution in [3.8, 4) is 5.75 Å². The third-order valence-corrected chi connectivity index (χ3v) is 4.29. The lowest BCUT2D eigenvalue weighted by atomic mass is 10.3. The van der Waals surface area contributed by atoms with Crippen LogP contribution in [0.2, 0.25) is 5.02 Å². The molecule has 0 spiro atoms. The van der Waals surface area contributed by atoms with Gasteiger partial charge in [-0.25, -0.2) is 0 Å². The van der Waals surface area contributed by atoms with Crippen molar-refractivity contribution in [1.29, 1.82) is 0 Å². The summed E-state index contributed by atoms with van der Waals surface area (Å²) in [6.45, 7) is 4.23. The van der Waals surface area contributed by atoms with Crippen LogP contribution in [0.5, 0.6) is 5.75 Å². The van der Waals surface area contributed by atoms with E-state index < -0.39 is 0 Å². The number of benzene rings is 1. The molecule has 0 aromatic heterocycles. The summed E-state index contributed by atoms with van der Waals surface area (Å²) in [5.74, 6) is 0.589. The summed E-state index contributed by atoms with van der Waals surface area (Å²) < 4.78 is 10.4. The van der Waals surface area contributed by atoms with Gasteiger partial charge in [-0.2, -0.15) is 0 Å². The molecule has 1 aromatic carbocycles. The van der Waals surface area contributed by atoms with Gasteiger partial charge in [0, 0.05) is 18.7 Å². The SMILES string of the molecule is COCCNC(=O)C[NH+]1CCN(C(=O)COc2ccc(Cl)cc2)CC1. The van der Waals surface area contributed by atoms with Gasteiger partial charge in [-0.05, 0) is 24.3 Å². The maximum Gasteiger partial charge on any atom is 0.275 e. The van der Waals surface area contributed by atoms with Gasteiger partial charge in [0.25, 0.3) is 11.8 Å². The Morgan fingerprint density at radius 3 is 2.56 bits per heavy atom. The Labute approximate surface area is 152 Å². The molecule has 7 nitrogen and oxygen atoms in total. The van der Waals surface area contributed by atoms with Gasteiger partial charge in [0.2, 0.25) is 0 Å². The minimum Gasteiger partial charge on any atom is -0.484 e. The van der Waals surface area contributed by atoms with E-state index in [4.69, 9.17) is 21.1 Å². The van der Waals surface area contributed by atoms with Crippen molar-refractivity contribution < 1.29 is 24.0 Å². The van der Waals surface area contributed by atoms with Gasteiger partial charge in [-0.3, -0.25) is 9.59 Å². The number of rotatable bonds is 8. The van der Waals surface area contributed by atoms with Crippen LogP contribution in [0.1, 0.15) is 0 Å². The quantitative estimate of drug-likeness (QED) is 0.588. The van der Waals surface area contributed by atoms with Gasteiger partial charge in [0.1, 0.15) is 5.75 Å². The topological polar surface area (TPSA) is 72.3 Å². The van der Waals surface area contributed by atoms with Crippen molar-refractivity contribution in [1.82, 2.24) is 10.2 Å². The van der Waals surface area contributed by atoms with Crippen LogP contribution < -0.4 is 15.0 Å². The van der Waals surface area contributed by atoms with Gasteiger partial charge < -0.3 is 24.6 Å². The Morgan fingerprint density at radius 2 is 1.92 bits per heavy atom. The van der Waals surface area contributed by atoms with E-state index in [1.54, 1.807) is 36.3 Å². The molecule has 0 unspecified atom stereocenters. The van der Waals surface area contributed by atoms with E-state index in [1.165, 1.54) is 4.90 Å². The highest BCUT2D eigenvalue weighted by molar-refractivity contribution is 6.30. The average Bonchev–Trinajstić information content (AvgIpc) is 2.62. The Hall–Kier alpha value is -1.83. The number of quaternary nitrogens is 1. The molecule has 2 N–H and O–H groups in total. The second kappa shape index (κ2) is 10.2. The van der Waals surface area contributed by atoms with Crippen LogP contribution >= 0.6 is 11.6 Å². The first-order valence-corrected chi connectivity index (χ1v) is 8.71. The van der Waals surface area contributed by atoms with Crippen molar-refractivity contribution >= 4 is 23.4 Å². The maximum atomic E-state index is 12.2. The Morgan fingerprint density at radius 1 is 1.24 bits per heavy atom. The first kappa shape index (κ1) is 19.5. The molecule has 0 radical (unpaired) electrons. The summed E-state index contributed by atoms with van der Waals surface area (Å²) in [7, 11) is 1.60. The van der Waals surface area contributed by atoms with Crippen LogP contribution in [-0.2, 0) is 14.3 Å². The highest BCUT2D eigenvalue weighted by Gasteiger charge is 2.25. The molecule has 1 saturated heterocycles. The zero-order valence-electron chi connectivity index (χ0n) is 14.4. The summed E-state index contributed by atoms with van der Waals surface area (Å²) >= 11 is 5.81. The fraction of sp³-hybridized carbons (Fsp3) is 0.529. The summed E-state index contributed by atoms with van der Waals surface area (Å²) in [5, 5.41) is 3.44. The lowest BCUT2D eigenvalue weighted by Crippen LogP contribution is -3.15. The number of carbonyl (C=O) groups is 2. The van der Waals surface area contributed by atoms with Crippen LogP contribution in [0.25, 0.3) is 0 Å². The van der Waals surface area contributed by atoms with Crippen molar-refractivity contribution in [3.05, 3.63) is 29.3 Å². The standard InChI is InChI=1S/C17H24ClN3O4/c1-24-11-6-19-16(22)12-20-7-9-21(10-8-20)17(23)13-25-15-4-2-14(18)3-5-15/h2-5H,6-13H2,1H3,(H,19,22)/p+1. The third kappa shape index (κ3) is 6.89. The number of hydrogen-bond donors (Lipinski definition) is 2. The summed E-state index contributed by atoms with van der Waals surface area (Å²) in [6, 6.07) is 6.92. The van der Waals surface area contributed by atoms with Crippen LogP contribution in [0, 0.1) is 0 Å². The maximum absolute atomic E-state index is 12.2. The Balaban J connectivity index is 1.66. The number of hydrogen-bond acceptors (Lipinski definition) is 4. The van der Waals surface area contributed by atoms with E-state index in [1.807, 2.05) is 0 Å². The zero-order valence-corrected chi connectivity index (χ0v) is 15.2. The normalized spacial score (nSPS) is 15.0. The minimum atomic E-state index is -0.0430. The van der Waals surface area contributed by atoms with E-state index in [0.29, 0.717) is 43.6 Å². The molecular weight excluding hydrogens is 346 g/mol. The minimum absolute atomic E-state index is 0.00840. The van der Waals surface area contributed by atoms with Crippen LogP contribution in [0.15, 0.2) is 24.3 Å². The predicted octanol–water partition coefficient (Wildman–Crippen LogP) is -0.791. The molecule has 1 aliphatic heterocycles. The summed E-state index contributed by atoms with van der Waals surface area (Å²) in [4.78, 5) is 27.0. The average molecular weight is 371 g/mol. The molecule has 2 amide bonds. The van der Waals surface area contributed by atoms with Crippen molar-refractivity contribution in [2.75, 3.05) is 59.6 Å². The fourth-order valence-corrected chi connectivity index (χ4v) is 2.72. The number of nitrogens with one attached hydrogen (secondary N) is 2. The van der Waals surface area contributed by atoms with Crippen molar-refractivity contribution in [2.45, 2.75) is 0 Å². The second-order valence-corrected chi connectivity index (χ2v) is 6.33. The van der Waals surface area contributed by atoms with Gasteiger partial charge in [0.15, 0.2) is 13.2 Å². The lowest BCUT2D eigenvalue weighted by Gasteiger charge is -2.31. The largest absolute Gasteiger partial charge is 0.484 e. The number of ether oxygens (including phenoxy) is 2. The van der Waals surface area contributed by atoms with Gasteiger partial charge >= 0.3 is 0 Å². The van der Waals surface area contributed by atoms with Gasteiger partial charge in [-0.15, -0.1) is 0 Å². The molecule has 1 heterocycles. The summed E-state index contributed by atoms with van der Waals surface area (Å²) in [5.41, 5.74) is 0. The smallest absolute Gasteiger partial charge is 0.275 e. The predicted molar refractivity (Wildman–Crippen MR) is 94.0 cm³/mol. The molecule has 0 aliphatic carbocycles. The number of carbonyl (C=O) groups excluding carboxylic acids is 2. The van der Waals surface area contributed by atoms with E-state index in [0.717, 1.165) is 13.1 Å². The zero-order chi connectivity index (χ0) is 18.1. The second-order valence-electron chi connectivity index (χ2n) is 5.89. The fourth-order valence-electron chi connectivity index (χ4n) is 2.60. The molecule has 8 heteroatoms. The molecule has 2 rings (SSSR count). The summed E-state index contributed by atoms with van der Waals surface area (Å²) in [6.07, 6.45) is 0. The van der Waals surface area contributed by atoms with Crippen LogP contribution in [0.3, 0.4) is 0 Å². The van der Waals surface area contributed by atoms with E-state index >= 15 is 0 Å². The number of piperazine rings is 1. The first-order chi connectivity index (χ1) is 12.1. The monoisotopic (exact) mass is 370 g/mol. The third-order valence-electron chi connectivity index (χ3n) is 4.04. The molecule has 1 aromatic rings. The number of nitrogens with zero attached hydrogens (tertiary/aromatic N) is 1. The number of amides is 2. The van der Waals surface area contributed by atoms with E-state index in [9.17, 15) is 9.59 Å². The lowest BCUT2D eigenvalue weighted by molar-refractivity contribution is -0.896. The molecular formula is C17H25ClN3O4+. The number of halogens is 1. The molecule has 0 bridgehead atoms. The van der Waals surface area contributed by atoms with Crippen LogP contribution in [0.4, 0.5) is 0 Å². The highest BCUT2D eigenvalue weighted by Crippen LogP contribution is 2.15. The molecule has 1 fully saturated rings. The van der Waals surface area contributed by atoms with E-state index in [2.05, 4.69) is 5.32 Å². The van der Waals surface area contributed by atoms with Gasteiger partial charge in [0.05, 0.1) is 32.8 Å². The molecule has 25 heavy (non-hydrogen) atoms. The van der Waals surface area contributed by atoms with Crippen LogP contribution in [-0.4, -0.2) is 76.3 Å². The first-order valence-electron chi connectivity index (χ1n) is 8.34. The Kier molecular flexibility index (Phi) is 7.97. The molecule has 1 aliphatic rings.